The van der Waals surface area contributed by atoms with Crippen LogP contribution in [0.2, 0.25) is 0 Å². The number of nitrogens with zero attached hydrogens (tertiary/aromatic N) is 3. The Labute approximate surface area is 114 Å². The van der Waals surface area contributed by atoms with E-state index in [0.717, 1.165) is 22.3 Å². The van der Waals surface area contributed by atoms with Gasteiger partial charge in [-0.05, 0) is 13.0 Å². The molecule has 0 radical (unpaired) electrons. The number of aromatic amines is 1. The van der Waals surface area contributed by atoms with Crippen LogP contribution in [-0.2, 0) is 11.3 Å². The summed E-state index contributed by atoms with van der Waals surface area (Å²) in [7, 11) is 0. The minimum absolute atomic E-state index is 0.0240. The van der Waals surface area contributed by atoms with Crippen molar-refractivity contribution in [1.82, 2.24) is 20.0 Å². The fraction of sp³-hybridized carbons (Fsp3) is 0.154. The van der Waals surface area contributed by atoms with Gasteiger partial charge in [0.1, 0.15) is 6.54 Å². The predicted molar refractivity (Wildman–Crippen MR) is 76.1 cm³/mol. The van der Waals surface area contributed by atoms with Crippen molar-refractivity contribution in [1.29, 1.82) is 0 Å². The summed E-state index contributed by atoms with van der Waals surface area (Å²) < 4.78 is 0. The van der Waals surface area contributed by atoms with E-state index >= 15 is 0 Å². The van der Waals surface area contributed by atoms with Crippen LogP contribution in [0, 0.1) is 6.92 Å². The maximum atomic E-state index is 12.0. The number of nitrogen functional groups attached to an aromatic ring is 1. The van der Waals surface area contributed by atoms with Gasteiger partial charge < -0.3 is 16.0 Å². The summed E-state index contributed by atoms with van der Waals surface area (Å²) in [6, 6.07) is 7.80. The molecule has 0 saturated carbocycles. The van der Waals surface area contributed by atoms with E-state index < -0.39 is 0 Å². The van der Waals surface area contributed by atoms with Gasteiger partial charge >= 0.3 is 0 Å². The van der Waals surface area contributed by atoms with Gasteiger partial charge in [-0.15, -0.1) is 5.10 Å². The molecular formula is C13H14N6O. The number of rotatable bonds is 3. The average molecular weight is 270 g/mol. The highest BCUT2D eigenvalue weighted by Gasteiger charge is 2.12. The van der Waals surface area contributed by atoms with Crippen molar-refractivity contribution in [3.63, 3.8) is 0 Å². The van der Waals surface area contributed by atoms with Crippen molar-refractivity contribution in [2.45, 2.75) is 13.5 Å². The summed E-state index contributed by atoms with van der Waals surface area (Å²) >= 11 is 0. The van der Waals surface area contributed by atoms with Crippen molar-refractivity contribution in [2.24, 2.45) is 0 Å². The normalized spacial score (nSPS) is 10.8. The lowest BCUT2D eigenvalue weighted by Crippen LogP contribution is -2.20. The lowest BCUT2D eigenvalue weighted by atomic mass is 10.2. The van der Waals surface area contributed by atoms with Crippen molar-refractivity contribution < 1.29 is 4.79 Å². The zero-order valence-corrected chi connectivity index (χ0v) is 10.9. The molecule has 0 atom stereocenters. The standard InChI is InChI=1S/C13H14N6O/c1-8-13(9-4-2-3-5-10(9)16-8)17-12(20)7-19-15-6-11(14)18-19/h2-6,16H,7H2,1H3,(H2,14,18)(H,17,20). The van der Waals surface area contributed by atoms with E-state index in [0.29, 0.717) is 5.82 Å². The first-order chi connectivity index (χ1) is 9.63. The molecule has 0 saturated heterocycles. The van der Waals surface area contributed by atoms with Gasteiger partial charge in [0.25, 0.3) is 0 Å². The van der Waals surface area contributed by atoms with Crippen molar-refractivity contribution in [2.75, 3.05) is 11.1 Å². The summed E-state index contributed by atoms with van der Waals surface area (Å²) in [5.74, 6) is 0.0922. The number of hydrogen-bond donors (Lipinski definition) is 3. The number of hydrogen-bond acceptors (Lipinski definition) is 4. The highest BCUT2D eigenvalue weighted by atomic mass is 16.2. The molecule has 0 aliphatic heterocycles. The Morgan fingerprint density at radius 1 is 1.45 bits per heavy atom. The molecule has 7 heteroatoms. The van der Waals surface area contributed by atoms with Crippen molar-refractivity contribution in [3.8, 4) is 0 Å². The Bertz CT molecular complexity index is 772. The smallest absolute Gasteiger partial charge is 0.248 e. The Hall–Kier alpha value is -2.83. The van der Waals surface area contributed by atoms with E-state index in [9.17, 15) is 4.79 Å². The molecule has 4 N–H and O–H groups in total. The maximum Gasteiger partial charge on any atom is 0.248 e. The number of fused-ring (bicyclic) bond motifs is 1. The van der Waals surface area contributed by atoms with E-state index in [4.69, 9.17) is 5.73 Å². The molecule has 3 aromatic rings. The molecule has 102 valence electrons. The molecule has 0 spiro atoms. The van der Waals surface area contributed by atoms with Crippen LogP contribution in [-0.4, -0.2) is 25.9 Å². The number of carbonyl (C=O) groups excluding carboxylic acids is 1. The zero-order chi connectivity index (χ0) is 14.1. The zero-order valence-electron chi connectivity index (χ0n) is 10.9. The van der Waals surface area contributed by atoms with Crippen LogP contribution in [0.15, 0.2) is 30.5 Å². The lowest BCUT2D eigenvalue weighted by Gasteiger charge is -2.04. The monoisotopic (exact) mass is 270 g/mol. The van der Waals surface area contributed by atoms with Crippen LogP contribution in [0.1, 0.15) is 5.69 Å². The fourth-order valence-electron chi connectivity index (χ4n) is 2.13. The van der Waals surface area contributed by atoms with Crippen molar-refractivity contribution >= 4 is 28.3 Å². The SMILES string of the molecule is Cc1[nH]c2ccccc2c1NC(=O)Cn1ncc(N)n1. The van der Waals surface area contributed by atoms with Crippen LogP contribution < -0.4 is 11.1 Å². The minimum atomic E-state index is -0.201. The maximum absolute atomic E-state index is 12.0. The predicted octanol–water partition coefficient (Wildman–Crippen LogP) is 1.29. The summed E-state index contributed by atoms with van der Waals surface area (Å²) in [5, 5.41) is 11.6. The van der Waals surface area contributed by atoms with Crippen LogP contribution in [0.25, 0.3) is 10.9 Å². The van der Waals surface area contributed by atoms with E-state index in [1.165, 1.54) is 11.0 Å². The second kappa shape index (κ2) is 4.69. The molecule has 20 heavy (non-hydrogen) atoms. The molecule has 2 heterocycles. The quantitative estimate of drug-likeness (QED) is 0.667. The minimum Gasteiger partial charge on any atom is -0.381 e. The van der Waals surface area contributed by atoms with Gasteiger partial charge in [0.15, 0.2) is 5.82 Å². The molecule has 2 aromatic heterocycles. The van der Waals surface area contributed by atoms with Gasteiger partial charge in [0.05, 0.1) is 11.9 Å². The van der Waals surface area contributed by atoms with Gasteiger partial charge in [-0.2, -0.15) is 9.90 Å². The molecule has 1 amide bonds. The highest BCUT2D eigenvalue weighted by molar-refractivity contribution is 6.02. The lowest BCUT2D eigenvalue weighted by molar-refractivity contribution is -0.117. The van der Waals surface area contributed by atoms with Crippen LogP contribution in [0.5, 0.6) is 0 Å². The van der Waals surface area contributed by atoms with Gasteiger partial charge in [-0.1, -0.05) is 18.2 Å². The molecular weight excluding hydrogens is 256 g/mol. The number of para-hydroxylation sites is 1. The number of nitrogens with one attached hydrogen (secondary N) is 2. The molecule has 3 rings (SSSR count). The third-order valence-electron chi connectivity index (χ3n) is 3.00. The third-order valence-corrected chi connectivity index (χ3v) is 3.00. The molecule has 7 nitrogen and oxygen atoms in total. The number of carbonyl (C=O) groups is 1. The van der Waals surface area contributed by atoms with Gasteiger partial charge in [-0.25, -0.2) is 0 Å². The van der Waals surface area contributed by atoms with Gasteiger partial charge in [-0.3, -0.25) is 4.79 Å². The number of nitrogens with two attached hydrogens (primary N) is 1. The summed E-state index contributed by atoms with van der Waals surface area (Å²) in [6.45, 7) is 1.94. The van der Waals surface area contributed by atoms with E-state index in [2.05, 4.69) is 20.5 Å². The first-order valence-electron chi connectivity index (χ1n) is 6.16. The third kappa shape index (κ3) is 2.20. The molecule has 0 bridgehead atoms. The van der Waals surface area contributed by atoms with Gasteiger partial charge in [0, 0.05) is 16.6 Å². The Morgan fingerprint density at radius 2 is 2.25 bits per heavy atom. The van der Waals surface area contributed by atoms with E-state index in [1.807, 2.05) is 31.2 Å². The van der Waals surface area contributed by atoms with E-state index in [-0.39, 0.29) is 12.5 Å². The van der Waals surface area contributed by atoms with Gasteiger partial charge in [0.2, 0.25) is 5.91 Å². The first kappa shape index (κ1) is 12.2. The fourth-order valence-corrected chi connectivity index (χ4v) is 2.13. The Balaban J connectivity index is 1.82. The highest BCUT2D eigenvalue weighted by Crippen LogP contribution is 2.26. The largest absolute Gasteiger partial charge is 0.381 e. The molecule has 1 aromatic carbocycles. The van der Waals surface area contributed by atoms with Crippen LogP contribution in [0.3, 0.4) is 0 Å². The molecule has 0 unspecified atom stereocenters. The summed E-state index contributed by atoms with van der Waals surface area (Å²) in [4.78, 5) is 16.5. The average Bonchev–Trinajstić information content (AvgIpc) is 2.94. The molecule has 0 aliphatic rings. The topological polar surface area (TPSA) is 102 Å². The Kier molecular flexibility index (Phi) is 2.86. The van der Waals surface area contributed by atoms with Crippen LogP contribution in [0.4, 0.5) is 11.5 Å². The Morgan fingerprint density at radius 3 is 3.00 bits per heavy atom. The second-order valence-corrected chi connectivity index (χ2v) is 4.52. The molecule has 0 fully saturated rings. The van der Waals surface area contributed by atoms with Crippen LogP contribution >= 0.6 is 0 Å². The number of benzene rings is 1. The summed E-state index contributed by atoms with van der Waals surface area (Å²) in [5.41, 5.74) is 8.14. The first-order valence-corrected chi connectivity index (χ1v) is 6.16. The number of anilines is 2. The number of amides is 1. The second-order valence-electron chi connectivity index (χ2n) is 4.52. The van der Waals surface area contributed by atoms with E-state index in [1.54, 1.807) is 0 Å². The number of aromatic nitrogens is 4. The number of aryl methyl sites for hydroxylation is 1. The molecule has 0 aliphatic carbocycles. The number of H-pyrrole nitrogens is 1. The summed E-state index contributed by atoms with van der Waals surface area (Å²) in [6.07, 6.45) is 1.41. The van der Waals surface area contributed by atoms with Crippen molar-refractivity contribution in [3.05, 3.63) is 36.2 Å².